The summed E-state index contributed by atoms with van der Waals surface area (Å²) in [7, 11) is 0. The molecule has 0 aromatic carbocycles. The van der Waals surface area contributed by atoms with Gasteiger partial charge in [-0.1, -0.05) is 6.42 Å². The van der Waals surface area contributed by atoms with Gasteiger partial charge in [0.2, 0.25) is 5.91 Å². The largest absolute Gasteiger partial charge is 0.325 e. The number of carbonyl (C=O) groups excluding carboxylic acids is 2. The number of hydrogen-bond donors (Lipinski definition) is 0. The van der Waals surface area contributed by atoms with Gasteiger partial charge in [-0.25, -0.2) is 0 Å². The van der Waals surface area contributed by atoms with Crippen molar-refractivity contribution in [3.8, 4) is 0 Å². The third kappa shape index (κ3) is 0.951. The van der Waals surface area contributed by atoms with Gasteiger partial charge in [0.05, 0.1) is 12.6 Å². The minimum atomic E-state index is -0.0370. The first-order valence-corrected chi connectivity index (χ1v) is 4.11. The fourth-order valence-corrected chi connectivity index (χ4v) is 1.78. The van der Waals surface area contributed by atoms with E-state index >= 15 is 0 Å². The number of rotatable bonds is 0. The molecule has 0 aromatic rings. The smallest absolute Gasteiger partial charge is 0.223 e. The predicted octanol–water partition coefficient (Wildman–Crippen LogP) is 0.340. The molecule has 1 unspecified atom stereocenters. The molecule has 0 bridgehead atoms. The van der Waals surface area contributed by atoms with Gasteiger partial charge >= 0.3 is 0 Å². The zero-order chi connectivity index (χ0) is 7.84. The van der Waals surface area contributed by atoms with Gasteiger partial charge in [0.15, 0.2) is 5.78 Å². The summed E-state index contributed by atoms with van der Waals surface area (Å²) in [5, 5.41) is 0. The Bertz CT molecular complexity index is 212. The lowest BCUT2D eigenvalue weighted by Crippen LogP contribution is -2.58. The van der Waals surface area contributed by atoms with Crippen molar-refractivity contribution in [3.63, 3.8) is 0 Å². The van der Waals surface area contributed by atoms with E-state index in [4.69, 9.17) is 0 Å². The lowest BCUT2D eigenvalue weighted by atomic mass is 9.98. The van der Waals surface area contributed by atoms with Crippen LogP contribution in [0, 0.1) is 0 Å². The summed E-state index contributed by atoms with van der Waals surface area (Å²) in [6.07, 6.45) is 3.52. The highest BCUT2D eigenvalue weighted by Gasteiger charge is 2.40. The fourth-order valence-electron chi connectivity index (χ4n) is 1.78. The second-order valence-corrected chi connectivity index (χ2v) is 3.25. The summed E-state index contributed by atoms with van der Waals surface area (Å²) in [6.45, 7) is 0.378. The van der Waals surface area contributed by atoms with Crippen molar-refractivity contribution in [1.29, 1.82) is 0 Å². The van der Waals surface area contributed by atoms with Crippen molar-refractivity contribution in [2.45, 2.75) is 31.7 Å². The third-order valence-corrected chi connectivity index (χ3v) is 2.51. The molecule has 0 N–H and O–H groups in total. The van der Waals surface area contributed by atoms with Gasteiger partial charge in [-0.15, -0.1) is 0 Å². The predicted molar refractivity (Wildman–Crippen MR) is 39.0 cm³/mol. The Labute approximate surface area is 65.4 Å². The normalized spacial score (nSPS) is 30.9. The number of carbonyl (C=O) groups is 2. The molecule has 2 heterocycles. The number of amides is 1. The van der Waals surface area contributed by atoms with Crippen LogP contribution in [0.1, 0.15) is 25.7 Å². The molecular weight excluding hydrogens is 142 g/mol. The molecule has 2 aliphatic rings. The molecule has 0 aliphatic carbocycles. The summed E-state index contributed by atoms with van der Waals surface area (Å²) >= 11 is 0. The van der Waals surface area contributed by atoms with E-state index < -0.39 is 0 Å². The highest BCUT2D eigenvalue weighted by Crippen LogP contribution is 2.24. The zero-order valence-electron chi connectivity index (χ0n) is 6.38. The molecule has 2 saturated heterocycles. The van der Waals surface area contributed by atoms with Crippen LogP contribution in [0.4, 0.5) is 0 Å². The topological polar surface area (TPSA) is 37.4 Å². The van der Waals surface area contributed by atoms with E-state index in [1.807, 2.05) is 0 Å². The van der Waals surface area contributed by atoms with Crippen molar-refractivity contribution < 1.29 is 9.59 Å². The van der Waals surface area contributed by atoms with Gasteiger partial charge in [-0.2, -0.15) is 0 Å². The summed E-state index contributed by atoms with van der Waals surface area (Å²) in [5.74, 6) is 0.423. The first-order valence-electron chi connectivity index (χ1n) is 4.11. The van der Waals surface area contributed by atoms with Gasteiger partial charge in [-0.3, -0.25) is 9.59 Å². The Hall–Kier alpha value is -0.860. The summed E-state index contributed by atoms with van der Waals surface area (Å²) in [4.78, 5) is 23.9. The summed E-state index contributed by atoms with van der Waals surface area (Å²) < 4.78 is 0. The Morgan fingerprint density at radius 2 is 2.09 bits per heavy atom. The maximum atomic E-state index is 11.2. The Morgan fingerprint density at radius 1 is 1.27 bits per heavy atom. The highest BCUT2D eigenvalue weighted by atomic mass is 16.2. The van der Waals surface area contributed by atoms with Crippen LogP contribution in [-0.2, 0) is 9.59 Å². The van der Waals surface area contributed by atoms with Crippen LogP contribution in [0.3, 0.4) is 0 Å². The van der Waals surface area contributed by atoms with Gasteiger partial charge in [0, 0.05) is 6.42 Å². The van der Waals surface area contributed by atoms with E-state index in [9.17, 15) is 9.59 Å². The quantitative estimate of drug-likeness (QED) is 0.503. The second-order valence-electron chi connectivity index (χ2n) is 3.25. The van der Waals surface area contributed by atoms with Crippen molar-refractivity contribution in [1.82, 2.24) is 4.90 Å². The molecule has 3 heteroatoms. The molecule has 0 aromatic heterocycles. The van der Waals surface area contributed by atoms with Crippen molar-refractivity contribution in [2.24, 2.45) is 0 Å². The Balaban J connectivity index is 2.11. The number of hydrogen-bond acceptors (Lipinski definition) is 2. The van der Waals surface area contributed by atoms with Gasteiger partial charge in [-0.05, 0) is 12.8 Å². The molecule has 0 spiro atoms. The van der Waals surface area contributed by atoms with Crippen LogP contribution >= 0.6 is 0 Å². The maximum Gasteiger partial charge on any atom is 0.223 e. The summed E-state index contributed by atoms with van der Waals surface area (Å²) in [6, 6.07) is -0.0370. The van der Waals surface area contributed by atoms with Crippen LogP contribution in [-0.4, -0.2) is 29.2 Å². The fraction of sp³-hybridized carbons (Fsp3) is 0.750. The first kappa shape index (κ1) is 6.83. The first-order chi connectivity index (χ1) is 5.29. The monoisotopic (exact) mass is 153 g/mol. The van der Waals surface area contributed by atoms with E-state index in [1.54, 1.807) is 4.90 Å². The molecule has 2 rings (SSSR count). The SMILES string of the molecule is O=C1CN2C(=O)CCCCC12. The molecule has 2 fully saturated rings. The molecule has 11 heavy (non-hydrogen) atoms. The van der Waals surface area contributed by atoms with Crippen molar-refractivity contribution in [3.05, 3.63) is 0 Å². The second kappa shape index (κ2) is 2.32. The molecule has 60 valence electrons. The molecule has 2 aliphatic heterocycles. The van der Waals surface area contributed by atoms with E-state index in [0.717, 1.165) is 19.3 Å². The van der Waals surface area contributed by atoms with Crippen LogP contribution in [0.5, 0.6) is 0 Å². The van der Waals surface area contributed by atoms with Gasteiger partial charge < -0.3 is 4.90 Å². The maximum absolute atomic E-state index is 11.2. The van der Waals surface area contributed by atoms with Crippen molar-refractivity contribution in [2.75, 3.05) is 6.54 Å². The van der Waals surface area contributed by atoms with Gasteiger partial charge in [0.1, 0.15) is 0 Å². The van der Waals surface area contributed by atoms with E-state index in [0.29, 0.717) is 13.0 Å². The number of fused-ring (bicyclic) bond motifs is 1. The van der Waals surface area contributed by atoms with Crippen LogP contribution in [0.2, 0.25) is 0 Å². The Kier molecular flexibility index (Phi) is 1.44. The number of nitrogens with zero attached hydrogens (tertiary/aromatic N) is 1. The lowest BCUT2D eigenvalue weighted by molar-refractivity contribution is -0.150. The number of ketones is 1. The lowest BCUT2D eigenvalue weighted by Gasteiger charge is -2.37. The molecule has 3 nitrogen and oxygen atoms in total. The Morgan fingerprint density at radius 3 is 2.82 bits per heavy atom. The average molecular weight is 153 g/mol. The summed E-state index contributed by atoms with van der Waals surface area (Å²) in [5.41, 5.74) is 0. The van der Waals surface area contributed by atoms with E-state index in [-0.39, 0.29) is 17.7 Å². The zero-order valence-corrected chi connectivity index (χ0v) is 6.38. The van der Waals surface area contributed by atoms with E-state index in [1.165, 1.54) is 0 Å². The number of Topliss-reactive ketones (excluding diaryl/α,β-unsaturated/α-hetero) is 1. The van der Waals surface area contributed by atoms with Gasteiger partial charge in [0.25, 0.3) is 0 Å². The van der Waals surface area contributed by atoms with E-state index in [2.05, 4.69) is 0 Å². The van der Waals surface area contributed by atoms with Crippen molar-refractivity contribution >= 4 is 11.7 Å². The van der Waals surface area contributed by atoms with Crippen LogP contribution in [0.25, 0.3) is 0 Å². The van der Waals surface area contributed by atoms with Crippen LogP contribution < -0.4 is 0 Å². The standard InChI is InChI=1S/C8H11NO2/c10-7-5-9-6(7)3-1-2-4-8(9)11/h6H,1-5H2. The molecule has 1 atom stereocenters. The third-order valence-electron chi connectivity index (χ3n) is 2.51. The average Bonchev–Trinajstić information content (AvgIpc) is 2.11. The minimum Gasteiger partial charge on any atom is -0.325 e. The molecule has 1 amide bonds. The van der Waals surface area contributed by atoms with Crippen LogP contribution in [0.15, 0.2) is 0 Å². The highest BCUT2D eigenvalue weighted by molar-refractivity contribution is 5.99. The minimum absolute atomic E-state index is 0.0370. The molecular formula is C8H11NO2. The molecule has 0 saturated carbocycles. The molecule has 0 radical (unpaired) electrons.